The van der Waals surface area contributed by atoms with Crippen molar-refractivity contribution < 1.29 is 19.3 Å². The minimum atomic E-state index is -0.655. The first-order valence-corrected chi connectivity index (χ1v) is 2.90. The van der Waals surface area contributed by atoms with Gasteiger partial charge in [-0.1, -0.05) is 0 Å². The number of phenolic OH excluding ortho intramolecular Hbond substituents is 2. The second-order valence-corrected chi connectivity index (χ2v) is 1.98. The van der Waals surface area contributed by atoms with Crippen molar-refractivity contribution >= 4 is 0 Å². The van der Waals surface area contributed by atoms with Crippen LogP contribution < -0.4 is 4.74 Å². The zero-order valence-corrected chi connectivity index (χ0v) is 5.84. The largest absolute Gasteiger partial charge is 0.504 e. The molecule has 1 rings (SSSR count). The number of rotatable bonds is 1. The van der Waals surface area contributed by atoms with E-state index in [-0.39, 0.29) is 5.75 Å². The molecule has 0 aliphatic rings. The van der Waals surface area contributed by atoms with Crippen LogP contribution in [0.3, 0.4) is 0 Å². The summed E-state index contributed by atoms with van der Waals surface area (Å²) in [7, 11) is 1.27. The maximum absolute atomic E-state index is 12.4. The fraction of sp³-hybridized carbons (Fsp3) is 0.143. The number of aromatic hydroxyl groups is 2. The van der Waals surface area contributed by atoms with Gasteiger partial charge in [0.2, 0.25) is 5.75 Å². The third-order valence-electron chi connectivity index (χ3n) is 1.24. The molecule has 0 aliphatic carbocycles. The molecule has 0 unspecified atom stereocenters. The molecule has 0 fully saturated rings. The molecular formula is C7H7FO3. The van der Waals surface area contributed by atoms with Gasteiger partial charge in [0.1, 0.15) is 5.82 Å². The van der Waals surface area contributed by atoms with Crippen LogP contribution in [0, 0.1) is 5.82 Å². The average Bonchev–Trinajstić information content (AvgIpc) is 1.96. The Bertz CT molecular complexity index is 273. The molecule has 60 valence electrons. The highest BCUT2D eigenvalue weighted by molar-refractivity contribution is 5.49. The normalized spacial score (nSPS) is 9.64. The Balaban J connectivity index is 3.24. The highest BCUT2D eigenvalue weighted by Crippen LogP contribution is 2.35. The van der Waals surface area contributed by atoms with E-state index < -0.39 is 17.3 Å². The first-order valence-electron chi connectivity index (χ1n) is 2.90. The van der Waals surface area contributed by atoms with Gasteiger partial charge in [0.15, 0.2) is 11.5 Å². The summed E-state index contributed by atoms with van der Waals surface area (Å²) in [6, 6.07) is 1.78. The Morgan fingerprint density at radius 3 is 2.55 bits per heavy atom. The number of halogens is 1. The number of benzene rings is 1. The van der Waals surface area contributed by atoms with E-state index >= 15 is 0 Å². The van der Waals surface area contributed by atoms with Crippen LogP contribution in [0.2, 0.25) is 0 Å². The van der Waals surface area contributed by atoms with Gasteiger partial charge in [-0.15, -0.1) is 0 Å². The van der Waals surface area contributed by atoms with Crippen molar-refractivity contribution in [3.63, 3.8) is 0 Å². The summed E-state index contributed by atoms with van der Waals surface area (Å²) in [6.45, 7) is 0. The molecule has 1 aromatic carbocycles. The highest BCUT2D eigenvalue weighted by atomic mass is 19.1. The Morgan fingerprint density at radius 1 is 1.36 bits per heavy atom. The van der Waals surface area contributed by atoms with E-state index in [0.29, 0.717) is 0 Å². The van der Waals surface area contributed by atoms with Gasteiger partial charge >= 0.3 is 0 Å². The monoisotopic (exact) mass is 158 g/mol. The molecular weight excluding hydrogens is 151 g/mol. The van der Waals surface area contributed by atoms with Gasteiger partial charge < -0.3 is 14.9 Å². The maximum Gasteiger partial charge on any atom is 0.200 e. The Kier molecular flexibility index (Phi) is 1.85. The molecule has 0 spiro atoms. The SMILES string of the molecule is COc1cc(F)cc(O)c1O. The first kappa shape index (κ1) is 7.65. The summed E-state index contributed by atoms with van der Waals surface area (Å²) in [5, 5.41) is 17.8. The summed E-state index contributed by atoms with van der Waals surface area (Å²) in [4.78, 5) is 0. The van der Waals surface area contributed by atoms with Crippen molar-refractivity contribution in [2.24, 2.45) is 0 Å². The van der Waals surface area contributed by atoms with E-state index in [0.717, 1.165) is 12.1 Å². The molecule has 0 saturated heterocycles. The smallest absolute Gasteiger partial charge is 0.200 e. The topological polar surface area (TPSA) is 49.7 Å². The van der Waals surface area contributed by atoms with Gasteiger partial charge in [0.25, 0.3) is 0 Å². The van der Waals surface area contributed by atoms with Crippen LogP contribution in [0.5, 0.6) is 17.2 Å². The second-order valence-electron chi connectivity index (χ2n) is 1.98. The Labute approximate surface area is 62.7 Å². The van der Waals surface area contributed by atoms with Crippen LogP contribution in [0.25, 0.3) is 0 Å². The number of ether oxygens (including phenoxy) is 1. The molecule has 0 aromatic heterocycles. The van der Waals surface area contributed by atoms with Gasteiger partial charge in [-0.2, -0.15) is 0 Å². The average molecular weight is 158 g/mol. The Hall–Kier alpha value is -1.45. The lowest BCUT2D eigenvalue weighted by atomic mass is 10.3. The van der Waals surface area contributed by atoms with E-state index in [4.69, 9.17) is 10.2 Å². The van der Waals surface area contributed by atoms with Gasteiger partial charge in [0.05, 0.1) is 7.11 Å². The molecule has 1 aromatic rings. The molecule has 0 saturated carbocycles. The lowest BCUT2D eigenvalue weighted by molar-refractivity contribution is 0.347. The molecule has 11 heavy (non-hydrogen) atoms. The van der Waals surface area contributed by atoms with E-state index in [1.54, 1.807) is 0 Å². The fourth-order valence-electron chi connectivity index (χ4n) is 0.716. The van der Waals surface area contributed by atoms with Crippen molar-refractivity contribution in [1.82, 2.24) is 0 Å². The van der Waals surface area contributed by atoms with Crippen LogP contribution in [0.1, 0.15) is 0 Å². The molecule has 0 bridgehead atoms. The quantitative estimate of drug-likeness (QED) is 0.604. The van der Waals surface area contributed by atoms with Crippen LogP contribution in [-0.2, 0) is 0 Å². The first-order chi connectivity index (χ1) is 5.15. The summed E-state index contributed by atoms with van der Waals surface area (Å²) in [6.07, 6.45) is 0. The third kappa shape index (κ3) is 1.34. The summed E-state index contributed by atoms with van der Waals surface area (Å²) in [5.74, 6) is -1.71. The lowest BCUT2D eigenvalue weighted by Gasteiger charge is -2.03. The Morgan fingerprint density at radius 2 is 2.00 bits per heavy atom. The summed E-state index contributed by atoms with van der Waals surface area (Å²) >= 11 is 0. The van der Waals surface area contributed by atoms with Crippen LogP contribution in [0.4, 0.5) is 4.39 Å². The molecule has 4 heteroatoms. The fourth-order valence-corrected chi connectivity index (χ4v) is 0.716. The highest BCUT2D eigenvalue weighted by Gasteiger charge is 2.08. The molecule has 0 atom stereocenters. The predicted molar refractivity (Wildman–Crippen MR) is 36.3 cm³/mol. The van der Waals surface area contributed by atoms with Crippen LogP contribution >= 0.6 is 0 Å². The van der Waals surface area contributed by atoms with Crippen LogP contribution in [-0.4, -0.2) is 17.3 Å². The standard InChI is InChI=1S/C7H7FO3/c1-11-6-3-4(8)2-5(9)7(6)10/h2-3,9-10H,1H3. The molecule has 0 aliphatic heterocycles. The molecule has 0 heterocycles. The van der Waals surface area contributed by atoms with Gasteiger partial charge in [-0.3, -0.25) is 0 Å². The van der Waals surface area contributed by atoms with Crippen molar-refractivity contribution in [2.45, 2.75) is 0 Å². The zero-order valence-electron chi connectivity index (χ0n) is 5.84. The molecule has 3 nitrogen and oxygen atoms in total. The predicted octanol–water partition coefficient (Wildman–Crippen LogP) is 1.25. The van der Waals surface area contributed by atoms with Crippen molar-refractivity contribution in [2.75, 3.05) is 7.11 Å². The van der Waals surface area contributed by atoms with Crippen LogP contribution in [0.15, 0.2) is 12.1 Å². The second kappa shape index (κ2) is 2.65. The number of hydrogen-bond donors (Lipinski definition) is 2. The minimum Gasteiger partial charge on any atom is -0.504 e. The number of hydrogen-bond acceptors (Lipinski definition) is 3. The van der Waals surface area contributed by atoms with E-state index in [1.807, 2.05) is 0 Å². The van der Waals surface area contributed by atoms with Crippen molar-refractivity contribution in [1.29, 1.82) is 0 Å². The summed E-state index contributed by atoms with van der Waals surface area (Å²) < 4.78 is 17.0. The lowest BCUT2D eigenvalue weighted by Crippen LogP contribution is -1.85. The van der Waals surface area contributed by atoms with Crippen molar-refractivity contribution in [3.8, 4) is 17.2 Å². The molecule has 2 N–H and O–H groups in total. The minimum absolute atomic E-state index is 0.0810. The number of phenols is 2. The van der Waals surface area contributed by atoms with E-state index in [9.17, 15) is 4.39 Å². The molecule has 0 radical (unpaired) electrons. The van der Waals surface area contributed by atoms with Crippen molar-refractivity contribution in [3.05, 3.63) is 17.9 Å². The third-order valence-corrected chi connectivity index (χ3v) is 1.24. The maximum atomic E-state index is 12.4. The van der Waals surface area contributed by atoms with Gasteiger partial charge in [-0.05, 0) is 0 Å². The van der Waals surface area contributed by atoms with E-state index in [1.165, 1.54) is 7.11 Å². The van der Waals surface area contributed by atoms with E-state index in [2.05, 4.69) is 4.74 Å². The summed E-state index contributed by atoms with van der Waals surface area (Å²) in [5.41, 5.74) is 0. The number of methoxy groups -OCH3 is 1. The zero-order chi connectivity index (χ0) is 8.43. The van der Waals surface area contributed by atoms with Gasteiger partial charge in [0, 0.05) is 12.1 Å². The van der Waals surface area contributed by atoms with Gasteiger partial charge in [-0.25, -0.2) is 4.39 Å². The molecule has 0 amide bonds.